The summed E-state index contributed by atoms with van der Waals surface area (Å²) < 4.78 is 5.86. The van der Waals surface area contributed by atoms with Gasteiger partial charge in [-0.3, -0.25) is 4.79 Å². The molecule has 0 saturated carbocycles. The number of nitrogens with one attached hydrogen (secondary N) is 2. The van der Waals surface area contributed by atoms with E-state index in [9.17, 15) is 4.79 Å². The maximum absolute atomic E-state index is 11.4. The molecule has 144 valence electrons. The highest BCUT2D eigenvalue weighted by Crippen LogP contribution is 2.28. The van der Waals surface area contributed by atoms with Crippen molar-refractivity contribution in [2.45, 2.75) is 33.8 Å². The number of hydrogen-bond acceptors (Lipinski definition) is 6. The average Bonchev–Trinajstić information content (AvgIpc) is 2.63. The van der Waals surface area contributed by atoms with Crippen molar-refractivity contribution >= 4 is 28.8 Å². The molecule has 0 radical (unpaired) electrons. The number of nitrogens with zero attached hydrogens (tertiary/aromatic N) is 2. The lowest BCUT2D eigenvalue weighted by Crippen LogP contribution is -2.08. The molecular weight excluding hydrogens is 352 g/mol. The van der Waals surface area contributed by atoms with Gasteiger partial charge in [0.05, 0.1) is 11.8 Å². The number of rotatable bonds is 7. The third-order valence-electron chi connectivity index (χ3n) is 3.91. The fourth-order valence-electron chi connectivity index (χ4n) is 2.70. The topological polar surface area (TPSA) is 76.1 Å². The number of benzene rings is 2. The molecule has 3 aromatic rings. The molecule has 6 heteroatoms. The van der Waals surface area contributed by atoms with E-state index in [1.807, 2.05) is 63.2 Å². The van der Waals surface area contributed by atoms with E-state index in [0.29, 0.717) is 23.0 Å². The standard InChI is InChI=1S/C22H24N4O2/c1-14(2)28-20-8-6-5-7-19(20)26-22-13-21(23-16(4)24-22)25-18-11-9-17(10-12-18)15(3)27/h5-14H,1-4H3,(H2,23,24,25,26). The molecule has 2 N–H and O–H groups in total. The van der Waals surface area contributed by atoms with Gasteiger partial charge in [-0.05, 0) is 64.1 Å². The Kier molecular flexibility index (Phi) is 5.89. The Morgan fingerprint density at radius 1 is 0.964 bits per heavy atom. The van der Waals surface area contributed by atoms with Crippen LogP contribution in [0.3, 0.4) is 0 Å². The van der Waals surface area contributed by atoms with Gasteiger partial charge >= 0.3 is 0 Å². The molecule has 6 nitrogen and oxygen atoms in total. The first-order valence-electron chi connectivity index (χ1n) is 9.17. The van der Waals surface area contributed by atoms with E-state index in [4.69, 9.17) is 4.74 Å². The Bertz CT molecular complexity index is 969. The largest absolute Gasteiger partial charge is 0.489 e. The van der Waals surface area contributed by atoms with Crippen LogP contribution in [0.25, 0.3) is 0 Å². The summed E-state index contributed by atoms with van der Waals surface area (Å²) in [5, 5.41) is 6.56. The van der Waals surface area contributed by atoms with Gasteiger partial charge in [-0.15, -0.1) is 0 Å². The fraction of sp³-hybridized carbons (Fsp3) is 0.227. The van der Waals surface area contributed by atoms with Gasteiger partial charge in [-0.25, -0.2) is 9.97 Å². The number of carbonyl (C=O) groups is 1. The molecule has 28 heavy (non-hydrogen) atoms. The number of carbonyl (C=O) groups excluding carboxylic acids is 1. The van der Waals surface area contributed by atoms with Crippen LogP contribution in [-0.4, -0.2) is 21.9 Å². The van der Waals surface area contributed by atoms with Crippen LogP contribution in [0.2, 0.25) is 0 Å². The van der Waals surface area contributed by atoms with Gasteiger partial charge in [-0.1, -0.05) is 12.1 Å². The summed E-state index contributed by atoms with van der Waals surface area (Å²) in [6, 6.07) is 16.9. The van der Waals surface area contributed by atoms with Crippen molar-refractivity contribution in [3.8, 4) is 5.75 Å². The van der Waals surface area contributed by atoms with Crippen LogP contribution in [0.15, 0.2) is 54.6 Å². The second-order valence-electron chi connectivity index (χ2n) is 6.73. The Balaban J connectivity index is 1.81. The zero-order valence-corrected chi connectivity index (χ0v) is 16.5. The molecule has 1 aromatic heterocycles. The number of ketones is 1. The van der Waals surface area contributed by atoms with Crippen molar-refractivity contribution in [3.63, 3.8) is 0 Å². The summed E-state index contributed by atoms with van der Waals surface area (Å²) in [6.45, 7) is 7.37. The SMILES string of the molecule is CC(=O)c1ccc(Nc2cc(Nc3ccccc3OC(C)C)nc(C)n2)cc1. The average molecular weight is 376 g/mol. The summed E-state index contributed by atoms with van der Waals surface area (Å²) in [7, 11) is 0. The number of ether oxygens (including phenoxy) is 1. The van der Waals surface area contributed by atoms with Crippen molar-refractivity contribution in [1.82, 2.24) is 9.97 Å². The number of aryl methyl sites for hydroxylation is 1. The molecule has 2 aromatic carbocycles. The molecule has 0 saturated heterocycles. The Morgan fingerprint density at radius 2 is 1.61 bits per heavy atom. The lowest BCUT2D eigenvalue weighted by Gasteiger charge is -2.16. The summed E-state index contributed by atoms with van der Waals surface area (Å²) in [4.78, 5) is 20.3. The number of hydrogen-bond donors (Lipinski definition) is 2. The van der Waals surface area contributed by atoms with Crippen molar-refractivity contribution in [2.24, 2.45) is 0 Å². The molecular formula is C22H24N4O2. The van der Waals surface area contributed by atoms with Crippen molar-refractivity contribution in [1.29, 1.82) is 0 Å². The summed E-state index contributed by atoms with van der Waals surface area (Å²) in [6.07, 6.45) is 0.0743. The highest BCUT2D eigenvalue weighted by Gasteiger charge is 2.08. The Morgan fingerprint density at radius 3 is 2.25 bits per heavy atom. The first-order chi connectivity index (χ1) is 13.4. The maximum atomic E-state index is 11.4. The van der Waals surface area contributed by atoms with Crippen molar-refractivity contribution < 1.29 is 9.53 Å². The predicted molar refractivity (Wildman–Crippen MR) is 112 cm³/mol. The number of aromatic nitrogens is 2. The van der Waals surface area contributed by atoms with Crippen LogP contribution in [-0.2, 0) is 0 Å². The van der Waals surface area contributed by atoms with E-state index in [2.05, 4.69) is 20.6 Å². The quantitative estimate of drug-likeness (QED) is 0.548. The number of anilines is 4. The monoisotopic (exact) mass is 376 g/mol. The van der Waals surface area contributed by atoms with Gasteiger partial charge < -0.3 is 15.4 Å². The zero-order chi connectivity index (χ0) is 20.1. The highest BCUT2D eigenvalue weighted by molar-refractivity contribution is 5.94. The van der Waals surface area contributed by atoms with Crippen LogP contribution in [0.5, 0.6) is 5.75 Å². The van der Waals surface area contributed by atoms with Crippen molar-refractivity contribution in [3.05, 3.63) is 66.0 Å². The van der Waals surface area contributed by atoms with Crippen LogP contribution in [0, 0.1) is 6.92 Å². The van der Waals surface area contributed by atoms with Crippen molar-refractivity contribution in [2.75, 3.05) is 10.6 Å². The molecule has 0 bridgehead atoms. The molecule has 0 atom stereocenters. The normalized spacial score (nSPS) is 10.6. The van der Waals surface area contributed by atoms with Gasteiger partial charge in [0, 0.05) is 17.3 Å². The predicted octanol–water partition coefficient (Wildman–Crippen LogP) is 5.26. The third kappa shape index (κ3) is 5.07. The maximum Gasteiger partial charge on any atom is 0.159 e. The lowest BCUT2D eigenvalue weighted by atomic mass is 10.1. The second-order valence-corrected chi connectivity index (χ2v) is 6.73. The molecule has 0 unspecified atom stereocenters. The molecule has 0 spiro atoms. The van der Waals surface area contributed by atoms with E-state index >= 15 is 0 Å². The first-order valence-corrected chi connectivity index (χ1v) is 9.17. The Hall–Kier alpha value is -3.41. The minimum absolute atomic E-state index is 0.0400. The number of Topliss-reactive ketones (excluding diaryl/α,β-unsaturated/α-hetero) is 1. The lowest BCUT2D eigenvalue weighted by molar-refractivity contribution is 0.101. The summed E-state index contributed by atoms with van der Waals surface area (Å²) in [5.41, 5.74) is 2.36. The van der Waals surface area contributed by atoms with E-state index in [1.54, 1.807) is 19.1 Å². The molecule has 0 aliphatic heterocycles. The van der Waals surface area contributed by atoms with Crippen LogP contribution in [0.1, 0.15) is 37.0 Å². The van der Waals surface area contributed by atoms with Gasteiger partial charge in [0.15, 0.2) is 5.78 Å². The van der Waals surface area contributed by atoms with E-state index in [1.165, 1.54) is 0 Å². The van der Waals surface area contributed by atoms with Gasteiger partial charge in [0.25, 0.3) is 0 Å². The Labute approximate surface area is 165 Å². The minimum atomic E-state index is 0.0400. The van der Waals surface area contributed by atoms with E-state index in [-0.39, 0.29) is 11.9 Å². The van der Waals surface area contributed by atoms with Crippen LogP contribution in [0.4, 0.5) is 23.0 Å². The molecule has 1 heterocycles. The minimum Gasteiger partial charge on any atom is -0.489 e. The summed E-state index contributed by atoms with van der Waals surface area (Å²) in [5.74, 6) is 2.76. The zero-order valence-electron chi connectivity index (χ0n) is 16.5. The van der Waals surface area contributed by atoms with Crippen LogP contribution >= 0.6 is 0 Å². The van der Waals surface area contributed by atoms with Gasteiger partial charge in [0.1, 0.15) is 23.2 Å². The highest BCUT2D eigenvalue weighted by atomic mass is 16.5. The van der Waals surface area contributed by atoms with E-state index < -0.39 is 0 Å². The molecule has 0 aliphatic carbocycles. The number of para-hydroxylation sites is 2. The fourth-order valence-corrected chi connectivity index (χ4v) is 2.70. The third-order valence-corrected chi connectivity index (χ3v) is 3.91. The smallest absolute Gasteiger partial charge is 0.159 e. The molecule has 0 aliphatic rings. The van der Waals surface area contributed by atoms with Crippen LogP contribution < -0.4 is 15.4 Å². The second kappa shape index (κ2) is 8.52. The molecule has 3 rings (SSSR count). The summed E-state index contributed by atoms with van der Waals surface area (Å²) >= 11 is 0. The van der Waals surface area contributed by atoms with E-state index in [0.717, 1.165) is 17.1 Å². The molecule has 0 amide bonds. The van der Waals surface area contributed by atoms with Gasteiger partial charge in [0.2, 0.25) is 0 Å². The first kappa shape index (κ1) is 19.4. The molecule has 0 fully saturated rings. The van der Waals surface area contributed by atoms with Gasteiger partial charge in [-0.2, -0.15) is 0 Å².